The Kier molecular flexibility index (Phi) is 6.80. The third-order valence-corrected chi connectivity index (χ3v) is 6.65. The van der Waals surface area contributed by atoms with Gasteiger partial charge in [0.2, 0.25) is 0 Å². The number of anilines is 3. The predicted octanol–water partition coefficient (Wildman–Crippen LogP) is 5.45. The molecule has 1 aliphatic rings. The average Bonchev–Trinajstić information content (AvgIpc) is 2.76. The van der Waals surface area contributed by atoms with Crippen molar-refractivity contribution < 1.29 is 4.79 Å². The van der Waals surface area contributed by atoms with Crippen LogP contribution in [-0.2, 0) is 0 Å². The van der Waals surface area contributed by atoms with Crippen LogP contribution < -0.4 is 20.9 Å². The molecule has 31 heavy (non-hydrogen) atoms. The maximum absolute atomic E-state index is 12.4. The van der Waals surface area contributed by atoms with Crippen LogP contribution in [0.25, 0.3) is 10.9 Å². The summed E-state index contributed by atoms with van der Waals surface area (Å²) in [5, 5.41) is 10.9. The lowest BCUT2D eigenvalue weighted by molar-refractivity contribution is 0.243. The molecule has 1 aromatic heterocycles. The zero-order chi connectivity index (χ0) is 21.8. The number of hydrogen-bond acceptors (Lipinski definition) is 4. The summed E-state index contributed by atoms with van der Waals surface area (Å²) >= 11 is 2.23. The lowest BCUT2D eigenvalue weighted by atomic mass is 9.91. The summed E-state index contributed by atoms with van der Waals surface area (Å²) in [5.41, 5.74) is 3.00. The molecule has 0 radical (unpaired) electrons. The maximum atomic E-state index is 12.4. The van der Waals surface area contributed by atoms with Gasteiger partial charge in [0.1, 0.15) is 5.82 Å². The van der Waals surface area contributed by atoms with Crippen LogP contribution in [0.5, 0.6) is 0 Å². The van der Waals surface area contributed by atoms with Gasteiger partial charge in [-0.15, -0.1) is 0 Å². The molecular formula is C24H28IN5O. The molecule has 0 saturated heterocycles. The molecule has 0 atom stereocenters. The van der Waals surface area contributed by atoms with E-state index >= 15 is 0 Å². The van der Waals surface area contributed by atoms with E-state index in [4.69, 9.17) is 4.98 Å². The summed E-state index contributed by atoms with van der Waals surface area (Å²) < 4.78 is 1.03. The average molecular weight is 529 g/mol. The first-order valence-corrected chi connectivity index (χ1v) is 11.7. The third kappa shape index (κ3) is 5.39. The number of amides is 2. The van der Waals surface area contributed by atoms with Crippen molar-refractivity contribution in [2.45, 2.75) is 37.8 Å². The summed E-state index contributed by atoms with van der Waals surface area (Å²) in [4.78, 5) is 19.3. The van der Waals surface area contributed by atoms with Gasteiger partial charge in [-0.05, 0) is 66.5 Å². The minimum absolute atomic E-state index is 0.132. The summed E-state index contributed by atoms with van der Waals surface area (Å²) in [6, 6.07) is 18.6. The zero-order valence-electron chi connectivity index (χ0n) is 17.9. The second kappa shape index (κ2) is 9.72. The van der Waals surface area contributed by atoms with E-state index in [0.29, 0.717) is 6.04 Å². The number of para-hydroxylation sites is 2. The van der Waals surface area contributed by atoms with Crippen molar-refractivity contribution >= 4 is 56.7 Å². The summed E-state index contributed by atoms with van der Waals surface area (Å²) in [7, 11) is 4.12. The van der Waals surface area contributed by atoms with E-state index in [2.05, 4.69) is 75.7 Å². The number of rotatable bonds is 5. The molecule has 162 valence electrons. The lowest BCUT2D eigenvalue weighted by Crippen LogP contribution is -2.42. The molecule has 1 aliphatic carbocycles. The van der Waals surface area contributed by atoms with E-state index in [1.807, 2.05) is 36.4 Å². The van der Waals surface area contributed by atoms with Gasteiger partial charge in [-0.1, -0.05) is 30.3 Å². The number of nitrogens with one attached hydrogen (secondary N) is 3. The topological polar surface area (TPSA) is 69.3 Å². The summed E-state index contributed by atoms with van der Waals surface area (Å²) in [5.74, 6) is 0.912. The quantitative estimate of drug-likeness (QED) is 0.385. The normalized spacial score (nSPS) is 18.4. The molecule has 1 heterocycles. The van der Waals surface area contributed by atoms with E-state index in [1.165, 1.54) is 0 Å². The number of urea groups is 1. The molecule has 3 N–H and O–H groups in total. The minimum Gasteiger partial charge on any atom is -0.377 e. The van der Waals surface area contributed by atoms with Crippen LogP contribution in [-0.4, -0.2) is 37.2 Å². The third-order valence-electron chi connectivity index (χ3n) is 5.71. The van der Waals surface area contributed by atoms with Gasteiger partial charge in [0.15, 0.2) is 0 Å². The van der Waals surface area contributed by atoms with Crippen molar-refractivity contribution in [1.29, 1.82) is 0 Å². The number of nitrogens with zero attached hydrogens (tertiary/aromatic N) is 2. The highest BCUT2D eigenvalue weighted by Crippen LogP contribution is 2.29. The molecule has 0 aliphatic heterocycles. The first-order chi connectivity index (χ1) is 15.0. The molecule has 2 aromatic carbocycles. The predicted molar refractivity (Wildman–Crippen MR) is 137 cm³/mol. The Bertz CT molecular complexity index is 1060. The van der Waals surface area contributed by atoms with E-state index in [-0.39, 0.29) is 12.1 Å². The number of carbonyl (C=O) groups excluding carboxylic acids is 1. The fourth-order valence-corrected chi connectivity index (χ4v) is 4.62. The van der Waals surface area contributed by atoms with E-state index in [9.17, 15) is 4.79 Å². The lowest BCUT2D eigenvalue weighted by Gasteiger charge is -2.30. The van der Waals surface area contributed by atoms with Crippen LogP contribution in [0.1, 0.15) is 25.7 Å². The molecule has 2 amide bonds. The minimum atomic E-state index is -0.132. The molecule has 0 spiro atoms. The molecule has 1 saturated carbocycles. The van der Waals surface area contributed by atoms with Crippen molar-refractivity contribution in [3.05, 3.63) is 58.2 Å². The van der Waals surface area contributed by atoms with Gasteiger partial charge in [0.05, 0.1) is 11.2 Å². The Balaban J connectivity index is 1.33. The van der Waals surface area contributed by atoms with Crippen LogP contribution in [0, 0.1) is 3.57 Å². The monoisotopic (exact) mass is 529 g/mol. The molecule has 0 unspecified atom stereocenters. The number of halogens is 1. The van der Waals surface area contributed by atoms with Crippen LogP contribution >= 0.6 is 22.6 Å². The van der Waals surface area contributed by atoms with E-state index < -0.39 is 0 Å². The Morgan fingerprint density at radius 3 is 2.42 bits per heavy atom. The highest BCUT2D eigenvalue weighted by Gasteiger charge is 2.23. The van der Waals surface area contributed by atoms with Gasteiger partial charge in [-0.2, -0.15) is 0 Å². The number of hydrogen-bond donors (Lipinski definition) is 3. The van der Waals surface area contributed by atoms with Crippen molar-refractivity contribution in [2.24, 2.45) is 0 Å². The van der Waals surface area contributed by atoms with E-state index in [0.717, 1.165) is 57.3 Å². The van der Waals surface area contributed by atoms with Crippen molar-refractivity contribution in [1.82, 2.24) is 10.3 Å². The maximum Gasteiger partial charge on any atom is 0.319 e. The molecule has 0 bridgehead atoms. The first kappa shape index (κ1) is 21.7. The van der Waals surface area contributed by atoms with Crippen LogP contribution in [0.3, 0.4) is 0 Å². The highest BCUT2D eigenvalue weighted by molar-refractivity contribution is 14.1. The second-order valence-electron chi connectivity index (χ2n) is 8.21. The molecule has 6 nitrogen and oxygen atoms in total. The summed E-state index contributed by atoms with van der Waals surface area (Å²) in [6.45, 7) is 0. The second-order valence-corrected chi connectivity index (χ2v) is 9.37. The van der Waals surface area contributed by atoms with Gasteiger partial charge in [-0.3, -0.25) is 0 Å². The fourth-order valence-electron chi connectivity index (χ4n) is 4.10. The summed E-state index contributed by atoms with van der Waals surface area (Å²) in [6.07, 6.45) is 3.90. The van der Waals surface area contributed by atoms with Crippen molar-refractivity contribution in [2.75, 3.05) is 29.6 Å². The van der Waals surface area contributed by atoms with Gasteiger partial charge in [-0.25, -0.2) is 9.78 Å². The molecule has 7 heteroatoms. The fraction of sp³-hybridized carbons (Fsp3) is 0.333. The van der Waals surface area contributed by atoms with Crippen LogP contribution in [0.4, 0.5) is 22.0 Å². The zero-order valence-corrected chi connectivity index (χ0v) is 20.0. The molecule has 4 rings (SSSR count). The molecular weight excluding hydrogens is 501 g/mol. The Labute approximate surface area is 197 Å². The number of pyridine rings is 1. The van der Waals surface area contributed by atoms with Crippen LogP contribution in [0.15, 0.2) is 54.6 Å². The number of benzene rings is 2. The first-order valence-electron chi connectivity index (χ1n) is 10.7. The Morgan fingerprint density at radius 1 is 1.00 bits per heavy atom. The largest absolute Gasteiger partial charge is 0.377 e. The van der Waals surface area contributed by atoms with Gasteiger partial charge in [0, 0.05) is 46.9 Å². The van der Waals surface area contributed by atoms with Crippen molar-refractivity contribution in [3.63, 3.8) is 0 Å². The number of carbonyl (C=O) groups is 1. The molecule has 1 fully saturated rings. The van der Waals surface area contributed by atoms with E-state index in [1.54, 1.807) is 0 Å². The van der Waals surface area contributed by atoms with Gasteiger partial charge < -0.3 is 20.9 Å². The van der Waals surface area contributed by atoms with Crippen LogP contribution in [0.2, 0.25) is 0 Å². The van der Waals surface area contributed by atoms with Crippen molar-refractivity contribution in [3.8, 4) is 0 Å². The number of aromatic nitrogens is 1. The smallest absolute Gasteiger partial charge is 0.319 e. The highest BCUT2D eigenvalue weighted by atomic mass is 127. The Morgan fingerprint density at radius 2 is 1.68 bits per heavy atom. The Hall–Kier alpha value is -2.55. The number of fused-ring (bicyclic) bond motifs is 1. The van der Waals surface area contributed by atoms with Gasteiger partial charge in [0.25, 0.3) is 0 Å². The SMILES string of the molecule is CN(C)c1cc(NC2CCC(NC(=O)Nc3ccccc3I)CC2)nc2ccccc12. The van der Waals surface area contributed by atoms with Gasteiger partial charge >= 0.3 is 6.03 Å². The molecule has 3 aromatic rings. The standard InChI is InChI=1S/C24H28IN5O/c1-30(2)22-15-23(28-20-9-5-3-7-18(20)22)26-16-11-13-17(14-12-16)27-24(31)29-21-10-6-4-8-19(21)25/h3-10,15-17H,11-14H2,1-2H3,(H,26,28)(H2,27,29,31).